The number of amides is 2. The van der Waals surface area contributed by atoms with Crippen LogP contribution in [0.25, 0.3) is 0 Å². The molecular weight excluding hydrogens is 426 g/mol. The number of benzene rings is 3. The van der Waals surface area contributed by atoms with Gasteiger partial charge in [-0.2, -0.15) is 0 Å². The number of hydrogen-bond acceptors (Lipinski definition) is 4. The smallest absolute Gasteiger partial charge is 0.251 e. The van der Waals surface area contributed by atoms with Gasteiger partial charge in [0, 0.05) is 18.5 Å². The molecule has 0 aliphatic rings. The fraction of sp³-hybridized carbons (Fsp3) is 0.167. The fourth-order valence-corrected chi connectivity index (χ4v) is 3.94. The Balaban J connectivity index is 1.73. The SMILES string of the molecule is CNS(=O)(=O)c1cccc(CNC(=O)C(Cc2ccccc2)NC(=O)c2ccccc2)c1. The molecule has 0 aliphatic heterocycles. The van der Waals surface area contributed by atoms with Crippen LogP contribution in [0.3, 0.4) is 0 Å². The van der Waals surface area contributed by atoms with Crippen molar-refractivity contribution >= 4 is 21.8 Å². The van der Waals surface area contributed by atoms with Crippen molar-refractivity contribution in [3.05, 3.63) is 102 Å². The van der Waals surface area contributed by atoms with Gasteiger partial charge in [0.1, 0.15) is 6.04 Å². The Bertz CT molecular complexity index is 1170. The fourth-order valence-electron chi connectivity index (χ4n) is 3.14. The summed E-state index contributed by atoms with van der Waals surface area (Å²) in [6, 6.07) is 23.6. The molecule has 1 unspecified atom stereocenters. The van der Waals surface area contributed by atoms with E-state index in [1.807, 2.05) is 36.4 Å². The predicted molar refractivity (Wildman–Crippen MR) is 122 cm³/mol. The average Bonchev–Trinajstić information content (AvgIpc) is 2.83. The standard InChI is InChI=1S/C24H25N3O4S/c1-25-32(30,31)21-14-8-11-19(15-21)17-26-24(29)22(16-18-9-4-2-5-10-18)27-23(28)20-12-6-3-7-13-20/h2-15,22,25H,16-17H2,1H3,(H,26,29)(H,27,28). The van der Waals surface area contributed by atoms with Crippen molar-refractivity contribution in [2.24, 2.45) is 0 Å². The molecule has 3 N–H and O–H groups in total. The van der Waals surface area contributed by atoms with Crippen LogP contribution in [0.4, 0.5) is 0 Å². The van der Waals surface area contributed by atoms with Gasteiger partial charge < -0.3 is 10.6 Å². The molecule has 0 radical (unpaired) electrons. The highest BCUT2D eigenvalue weighted by molar-refractivity contribution is 7.89. The number of rotatable bonds is 9. The summed E-state index contributed by atoms with van der Waals surface area (Å²) in [4.78, 5) is 25.7. The van der Waals surface area contributed by atoms with Gasteiger partial charge in [0.05, 0.1) is 4.90 Å². The van der Waals surface area contributed by atoms with Crippen molar-refractivity contribution in [1.82, 2.24) is 15.4 Å². The third-order valence-corrected chi connectivity index (χ3v) is 6.30. The molecule has 8 heteroatoms. The quantitative estimate of drug-likeness (QED) is 0.464. The van der Waals surface area contributed by atoms with Crippen molar-refractivity contribution in [1.29, 1.82) is 0 Å². The van der Waals surface area contributed by atoms with Crippen LogP contribution in [0.2, 0.25) is 0 Å². The summed E-state index contributed by atoms with van der Waals surface area (Å²) in [6.45, 7) is 0.123. The van der Waals surface area contributed by atoms with Crippen LogP contribution in [-0.4, -0.2) is 33.3 Å². The third-order valence-electron chi connectivity index (χ3n) is 4.88. The summed E-state index contributed by atoms with van der Waals surface area (Å²) in [7, 11) is -2.24. The normalized spacial score (nSPS) is 12.0. The van der Waals surface area contributed by atoms with Crippen LogP contribution in [0.5, 0.6) is 0 Å². The molecule has 0 bridgehead atoms. The Morgan fingerprint density at radius 1 is 0.844 bits per heavy atom. The summed E-state index contributed by atoms with van der Waals surface area (Å²) < 4.78 is 26.3. The van der Waals surface area contributed by atoms with Gasteiger partial charge >= 0.3 is 0 Å². The van der Waals surface area contributed by atoms with Gasteiger partial charge in [-0.3, -0.25) is 9.59 Å². The number of sulfonamides is 1. The maximum absolute atomic E-state index is 13.0. The topological polar surface area (TPSA) is 104 Å². The summed E-state index contributed by atoms with van der Waals surface area (Å²) in [5.74, 6) is -0.705. The highest BCUT2D eigenvalue weighted by Gasteiger charge is 2.22. The van der Waals surface area contributed by atoms with E-state index < -0.39 is 16.1 Å². The summed E-state index contributed by atoms with van der Waals surface area (Å²) in [6.07, 6.45) is 0.319. The van der Waals surface area contributed by atoms with E-state index in [1.54, 1.807) is 36.4 Å². The van der Waals surface area contributed by atoms with E-state index in [4.69, 9.17) is 0 Å². The summed E-state index contributed by atoms with van der Waals surface area (Å²) >= 11 is 0. The first-order valence-corrected chi connectivity index (χ1v) is 11.6. The number of carbonyl (C=O) groups is 2. The van der Waals surface area contributed by atoms with Crippen molar-refractivity contribution < 1.29 is 18.0 Å². The number of nitrogens with one attached hydrogen (secondary N) is 3. The van der Waals surface area contributed by atoms with Crippen LogP contribution < -0.4 is 15.4 Å². The van der Waals surface area contributed by atoms with E-state index in [0.717, 1.165) is 5.56 Å². The molecule has 3 aromatic carbocycles. The molecule has 32 heavy (non-hydrogen) atoms. The highest BCUT2D eigenvalue weighted by atomic mass is 32.2. The van der Waals surface area contributed by atoms with Gasteiger partial charge in [-0.25, -0.2) is 13.1 Å². The van der Waals surface area contributed by atoms with Gasteiger partial charge in [-0.15, -0.1) is 0 Å². The first-order valence-electron chi connectivity index (χ1n) is 10.1. The van der Waals surface area contributed by atoms with Gasteiger partial charge in [0.25, 0.3) is 5.91 Å². The van der Waals surface area contributed by atoms with Gasteiger partial charge in [-0.05, 0) is 42.4 Å². The Labute approximate surface area is 187 Å². The third kappa shape index (κ3) is 6.26. The lowest BCUT2D eigenvalue weighted by Gasteiger charge is -2.19. The molecule has 7 nitrogen and oxygen atoms in total. The monoisotopic (exact) mass is 451 g/mol. The molecule has 2 amide bonds. The predicted octanol–water partition coefficient (Wildman–Crippen LogP) is 2.25. The first kappa shape index (κ1) is 23.2. The second-order valence-electron chi connectivity index (χ2n) is 7.15. The van der Waals surface area contributed by atoms with E-state index >= 15 is 0 Å². The Kier molecular flexibility index (Phi) is 7.75. The molecule has 0 aromatic heterocycles. The first-order chi connectivity index (χ1) is 15.4. The molecule has 3 aromatic rings. The molecule has 0 spiro atoms. The lowest BCUT2D eigenvalue weighted by atomic mass is 10.0. The van der Waals surface area contributed by atoms with Crippen LogP contribution in [0.15, 0.2) is 89.8 Å². The zero-order chi connectivity index (χ0) is 23.0. The summed E-state index contributed by atoms with van der Waals surface area (Å²) in [5.41, 5.74) is 1.99. The van der Waals surface area contributed by atoms with Crippen molar-refractivity contribution in [2.75, 3.05) is 7.05 Å². The molecule has 1 atom stereocenters. The second kappa shape index (κ2) is 10.7. The zero-order valence-corrected chi connectivity index (χ0v) is 18.4. The largest absolute Gasteiger partial charge is 0.350 e. The van der Waals surface area contributed by atoms with Gasteiger partial charge in [-0.1, -0.05) is 60.7 Å². The lowest BCUT2D eigenvalue weighted by molar-refractivity contribution is -0.123. The zero-order valence-electron chi connectivity index (χ0n) is 17.6. The molecule has 0 fully saturated rings. The Morgan fingerprint density at radius 2 is 1.47 bits per heavy atom. The van der Waals surface area contributed by atoms with E-state index in [2.05, 4.69) is 15.4 Å². The maximum Gasteiger partial charge on any atom is 0.251 e. The number of carbonyl (C=O) groups excluding carboxylic acids is 2. The number of hydrogen-bond donors (Lipinski definition) is 3. The Hall–Kier alpha value is -3.49. The average molecular weight is 452 g/mol. The van der Waals surface area contributed by atoms with Gasteiger partial charge in [0.15, 0.2) is 0 Å². The molecular formula is C24H25N3O4S. The van der Waals surface area contributed by atoms with Crippen LogP contribution in [0.1, 0.15) is 21.5 Å². The van der Waals surface area contributed by atoms with Crippen molar-refractivity contribution in [3.8, 4) is 0 Å². The lowest BCUT2D eigenvalue weighted by Crippen LogP contribution is -2.47. The highest BCUT2D eigenvalue weighted by Crippen LogP contribution is 2.11. The molecule has 0 aliphatic carbocycles. The van der Waals surface area contributed by atoms with Crippen LogP contribution >= 0.6 is 0 Å². The van der Waals surface area contributed by atoms with Crippen molar-refractivity contribution in [2.45, 2.75) is 23.9 Å². The minimum atomic E-state index is -3.58. The Morgan fingerprint density at radius 3 is 2.12 bits per heavy atom. The maximum atomic E-state index is 13.0. The van der Waals surface area contributed by atoms with Crippen LogP contribution in [0, 0.1) is 0 Å². The van der Waals surface area contributed by atoms with E-state index in [-0.39, 0.29) is 23.3 Å². The summed E-state index contributed by atoms with van der Waals surface area (Å²) in [5, 5.41) is 5.61. The van der Waals surface area contributed by atoms with E-state index in [1.165, 1.54) is 19.2 Å². The van der Waals surface area contributed by atoms with Crippen molar-refractivity contribution in [3.63, 3.8) is 0 Å². The second-order valence-corrected chi connectivity index (χ2v) is 9.04. The molecule has 0 saturated heterocycles. The molecule has 0 saturated carbocycles. The molecule has 166 valence electrons. The minimum absolute atomic E-state index is 0.116. The van der Waals surface area contributed by atoms with Gasteiger partial charge in [0.2, 0.25) is 15.9 Å². The molecule has 0 heterocycles. The van der Waals surface area contributed by atoms with Crippen LogP contribution in [-0.2, 0) is 27.8 Å². The van der Waals surface area contributed by atoms with E-state index in [0.29, 0.717) is 17.5 Å². The minimum Gasteiger partial charge on any atom is -0.350 e. The molecule has 3 rings (SSSR count). The van der Waals surface area contributed by atoms with E-state index in [9.17, 15) is 18.0 Å².